The van der Waals surface area contributed by atoms with Crippen molar-refractivity contribution >= 4 is 11.6 Å². The van der Waals surface area contributed by atoms with Crippen molar-refractivity contribution in [3.63, 3.8) is 0 Å². The Hall–Kier alpha value is -1.18. The van der Waals surface area contributed by atoms with E-state index in [1.54, 1.807) is 12.2 Å². The number of carbonyl (C=O) groups excluding carboxylic acids is 2. The lowest BCUT2D eigenvalue weighted by Crippen LogP contribution is -2.29. The van der Waals surface area contributed by atoms with Gasteiger partial charge in [-0.15, -0.1) is 0 Å². The molecule has 0 saturated carbocycles. The number of allylic oxidation sites excluding steroid dienone is 4. The van der Waals surface area contributed by atoms with Crippen molar-refractivity contribution in [2.45, 2.75) is 40.5 Å². The molecule has 0 aromatic heterocycles. The maximum atomic E-state index is 11.9. The molecule has 0 aliphatic heterocycles. The molecule has 0 bridgehead atoms. The monoisotopic (exact) mass is 206 g/mol. The zero-order valence-corrected chi connectivity index (χ0v) is 9.89. The normalized spacial score (nSPS) is 21.2. The molecule has 1 aliphatic carbocycles. The van der Waals surface area contributed by atoms with Crippen molar-refractivity contribution < 1.29 is 9.59 Å². The first kappa shape index (κ1) is 11.9. The highest BCUT2D eigenvalue weighted by atomic mass is 16.1. The Kier molecular flexibility index (Phi) is 3.28. The summed E-state index contributed by atoms with van der Waals surface area (Å²) in [6, 6.07) is 0. The molecule has 0 spiro atoms. The van der Waals surface area contributed by atoms with Crippen LogP contribution in [0, 0.1) is 5.41 Å². The third kappa shape index (κ3) is 2.44. The Labute approximate surface area is 91.1 Å². The van der Waals surface area contributed by atoms with Gasteiger partial charge in [0, 0.05) is 23.8 Å². The molecular weight excluding hydrogens is 188 g/mol. The van der Waals surface area contributed by atoms with Crippen LogP contribution in [-0.2, 0) is 9.59 Å². The Morgan fingerprint density at radius 2 is 2.00 bits per heavy atom. The van der Waals surface area contributed by atoms with E-state index in [1.165, 1.54) is 0 Å². The molecule has 0 aromatic rings. The van der Waals surface area contributed by atoms with Gasteiger partial charge in [-0.3, -0.25) is 9.59 Å². The number of ketones is 2. The molecule has 0 N–H and O–H groups in total. The summed E-state index contributed by atoms with van der Waals surface area (Å²) in [7, 11) is 0. The Morgan fingerprint density at radius 1 is 1.40 bits per heavy atom. The fourth-order valence-corrected chi connectivity index (χ4v) is 2.38. The zero-order chi connectivity index (χ0) is 11.6. The second-order valence-corrected chi connectivity index (χ2v) is 4.80. The van der Waals surface area contributed by atoms with Crippen LogP contribution in [0.2, 0.25) is 0 Å². The molecule has 1 aliphatic rings. The van der Waals surface area contributed by atoms with Gasteiger partial charge in [0.1, 0.15) is 5.78 Å². The summed E-state index contributed by atoms with van der Waals surface area (Å²) in [5.41, 5.74) is 1.44. The third-order valence-electron chi connectivity index (χ3n) is 2.77. The van der Waals surface area contributed by atoms with E-state index in [1.807, 2.05) is 27.7 Å². The van der Waals surface area contributed by atoms with Crippen LogP contribution >= 0.6 is 0 Å². The summed E-state index contributed by atoms with van der Waals surface area (Å²) in [5, 5.41) is 0. The van der Waals surface area contributed by atoms with Gasteiger partial charge in [-0.2, -0.15) is 0 Å². The van der Waals surface area contributed by atoms with Gasteiger partial charge in [0.15, 0.2) is 5.78 Å². The molecular formula is C13H18O2. The van der Waals surface area contributed by atoms with E-state index in [9.17, 15) is 9.59 Å². The molecule has 0 amide bonds. The average molecular weight is 206 g/mol. The van der Waals surface area contributed by atoms with Crippen molar-refractivity contribution in [1.29, 1.82) is 0 Å². The van der Waals surface area contributed by atoms with Gasteiger partial charge in [0.05, 0.1) is 0 Å². The highest BCUT2D eigenvalue weighted by molar-refractivity contribution is 6.07. The van der Waals surface area contributed by atoms with E-state index in [-0.39, 0.29) is 17.0 Å². The SMILES string of the molecule is C/C=C/C(=O)C1=C(C)CC(=O)CC1(C)C. The van der Waals surface area contributed by atoms with Crippen LogP contribution in [0.25, 0.3) is 0 Å². The first-order chi connectivity index (χ1) is 6.88. The van der Waals surface area contributed by atoms with E-state index in [0.717, 1.165) is 11.1 Å². The summed E-state index contributed by atoms with van der Waals surface area (Å²) < 4.78 is 0. The standard InChI is InChI=1S/C13H18O2/c1-5-6-11(15)12-9(2)7-10(14)8-13(12,3)4/h5-6H,7-8H2,1-4H3/b6-5+. The van der Waals surface area contributed by atoms with Crippen LogP contribution in [0.3, 0.4) is 0 Å². The topological polar surface area (TPSA) is 34.1 Å². The Balaban J connectivity index is 3.17. The van der Waals surface area contributed by atoms with Crippen molar-refractivity contribution in [1.82, 2.24) is 0 Å². The van der Waals surface area contributed by atoms with E-state index < -0.39 is 0 Å². The Bertz CT molecular complexity index is 357. The summed E-state index contributed by atoms with van der Waals surface area (Å²) >= 11 is 0. The molecule has 1 rings (SSSR count). The fourth-order valence-electron chi connectivity index (χ4n) is 2.38. The molecule has 15 heavy (non-hydrogen) atoms. The summed E-state index contributed by atoms with van der Waals surface area (Å²) in [6.45, 7) is 7.64. The molecule has 0 saturated heterocycles. The van der Waals surface area contributed by atoms with E-state index >= 15 is 0 Å². The van der Waals surface area contributed by atoms with E-state index in [4.69, 9.17) is 0 Å². The number of hydrogen-bond acceptors (Lipinski definition) is 2. The number of Topliss-reactive ketones (excluding diaryl/α,β-unsaturated/α-hetero) is 1. The van der Waals surface area contributed by atoms with Gasteiger partial charge < -0.3 is 0 Å². The smallest absolute Gasteiger partial charge is 0.181 e. The van der Waals surface area contributed by atoms with Gasteiger partial charge >= 0.3 is 0 Å². The molecule has 0 radical (unpaired) electrons. The molecule has 82 valence electrons. The number of rotatable bonds is 2. The maximum absolute atomic E-state index is 11.9. The lowest BCUT2D eigenvalue weighted by molar-refractivity contribution is -0.121. The highest BCUT2D eigenvalue weighted by Gasteiger charge is 2.35. The molecule has 0 aromatic carbocycles. The predicted molar refractivity (Wildman–Crippen MR) is 60.5 cm³/mol. The second-order valence-electron chi connectivity index (χ2n) is 4.80. The van der Waals surface area contributed by atoms with E-state index in [0.29, 0.717) is 12.8 Å². The molecule has 2 heteroatoms. The minimum absolute atomic E-state index is 0.0486. The maximum Gasteiger partial charge on any atom is 0.181 e. The molecule has 2 nitrogen and oxygen atoms in total. The largest absolute Gasteiger partial charge is 0.299 e. The van der Waals surface area contributed by atoms with Crippen molar-refractivity contribution in [2.75, 3.05) is 0 Å². The quantitative estimate of drug-likeness (QED) is 0.651. The lowest BCUT2D eigenvalue weighted by atomic mass is 9.70. The number of hydrogen-bond donors (Lipinski definition) is 0. The lowest BCUT2D eigenvalue weighted by Gasteiger charge is -2.32. The molecule has 0 heterocycles. The summed E-state index contributed by atoms with van der Waals surface area (Å²) in [6.07, 6.45) is 4.23. The van der Waals surface area contributed by atoms with Crippen LogP contribution in [0.1, 0.15) is 40.5 Å². The number of carbonyl (C=O) groups is 2. The van der Waals surface area contributed by atoms with E-state index in [2.05, 4.69) is 0 Å². The average Bonchev–Trinajstić information content (AvgIpc) is 1.99. The van der Waals surface area contributed by atoms with Gasteiger partial charge in [0.2, 0.25) is 0 Å². The van der Waals surface area contributed by atoms with Gasteiger partial charge in [0.25, 0.3) is 0 Å². The van der Waals surface area contributed by atoms with Crippen LogP contribution in [-0.4, -0.2) is 11.6 Å². The van der Waals surface area contributed by atoms with Crippen LogP contribution in [0.4, 0.5) is 0 Å². The fraction of sp³-hybridized carbons (Fsp3) is 0.538. The zero-order valence-electron chi connectivity index (χ0n) is 9.89. The predicted octanol–water partition coefficient (Wildman–Crippen LogP) is 2.84. The highest BCUT2D eigenvalue weighted by Crippen LogP contribution is 2.39. The molecule has 0 atom stereocenters. The summed E-state index contributed by atoms with van der Waals surface area (Å²) in [4.78, 5) is 23.3. The first-order valence-corrected chi connectivity index (χ1v) is 5.27. The minimum Gasteiger partial charge on any atom is -0.299 e. The van der Waals surface area contributed by atoms with Crippen molar-refractivity contribution in [3.8, 4) is 0 Å². The summed E-state index contributed by atoms with van der Waals surface area (Å²) in [5.74, 6) is 0.280. The second kappa shape index (κ2) is 4.13. The van der Waals surface area contributed by atoms with Crippen molar-refractivity contribution in [2.24, 2.45) is 5.41 Å². The van der Waals surface area contributed by atoms with Crippen LogP contribution in [0.5, 0.6) is 0 Å². The van der Waals surface area contributed by atoms with Crippen LogP contribution in [0.15, 0.2) is 23.3 Å². The van der Waals surface area contributed by atoms with Gasteiger partial charge in [-0.05, 0) is 19.9 Å². The Morgan fingerprint density at radius 3 is 2.47 bits per heavy atom. The van der Waals surface area contributed by atoms with Crippen molar-refractivity contribution in [3.05, 3.63) is 23.3 Å². The molecule has 0 fully saturated rings. The van der Waals surface area contributed by atoms with Gasteiger partial charge in [-0.25, -0.2) is 0 Å². The van der Waals surface area contributed by atoms with Crippen LogP contribution < -0.4 is 0 Å². The first-order valence-electron chi connectivity index (χ1n) is 5.27. The molecule has 0 unspecified atom stereocenters. The van der Waals surface area contributed by atoms with Gasteiger partial charge in [-0.1, -0.05) is 25.5 Å². The third-order valence-corrected chi connectivity index (χ3v) is 2.77. The minimum atomic E-state index is -0.310.